The lowest BCUT2D eigenvalue weighted by atomic mass is 10.3. The molecule has 0 radical (unpaired) electrons. The first-order valence-corrected chi connectivity index (χ1v) is 5.31. The average molecular weight is 206 g/mol. The van der Waals surface area contributed by atoms with Crippen molar-refractivity contribution in [2.45, 2.75) is 39.8 Å². The SMILES string of the molecule is CCCNC(C#N)Cn1nc(C)cc1C. The zero-order valence-electron chi connectivity index (χ0n) is 9.62. The molecule has 4 heteroatoms. The number of hydrogen-bond donors (Lipinski definition) is 1. The number of nitrogens with one attached hydrogen (secondary N) is 1. The van der Waals surface area contributed by atoms with Gasteiger partial charge in [0, 0.05) is 5.69 Å². The molecule has 0 aliphatic heterocycles. The topological polar surface area (TPSA) is 53.6 Å². The van der Waals surface area contributed by atoms with Crippen molar-refractivity contribution in [3.8, 4) is 6.07 Å². The van der Waals surface area contributed by atoms with Gasteiger partial charge in [0.05, 0.1) is 18.3 Å². The van der Waals surface area contributed by atoms with Crippen LogP contribution in [-0.2, 0) is 6.54 Å². The predicted octanol–water partition coefficient (Wildman–Crippen LogP) is 1.39. The summed E-state index contributed by atoms with van der Waals surface area (Å²) in [5.74, 6) is 0. The molecule has 0 fully saturated rings. The molecule has 82 valence electrons. The maximum Gasteiger partial charge on any atom is 0.115 e. The minimum absolute atomic E-state index is 0.150. The second-order valence-electron chi connectivity index (χ2n) is 3.75. The smallest absolute Gasteiger partial charge is 0.115 e. The molecule has 0 spiro atoms. The lowest BCUT2D eigenvalue weighted by Gasteiger charge is -2.11. The highest BCUT2D eigenvalue weighted by molar-refractivity contribution is 5.07. The Balaban J connectivity index is 2.59. The summed E-state index contributed by atoms with van der Waals surface area (Å²) in [7, 11) is 0. The molecule has 1 atom stereocenters. The summed E-state index contributed by atoms with van der Waals surface area (Å²) in [5.41, 5.74) is 2.10. The lowest BCUT2D eigenvalue weighted by Crippen LogP contribution is -2.33. The second-order valence-corrected chi connectivity index (χ2v) is 3.75. The Kier molecular flexibility index (Phi) is 4.32. The summed E-state index contributed by atoms with van der Waals surface area (Å²) < 4.78 is 1.88. The van der Waals surface area contributed by atoms with Crippen LogP contribution in [0.4, 0.5) is 0 Å². The monoisotopic (exact) mass is 206 g/mol. The van der Waals surface area contributed by atoms with Crippen molar-refractivity contribution in [3.63, 3.8) is 0 Å². The molecule has 0 aromatic carbocycles. The van der Waals surface area contributed by atoms with E-state index in [1.54, 1.807) is 0 Å². The summed E-state index contributed by atoms with van der Waals surface area (Å²) >= 11 is 0. The summed E-state index contributed by atoms with van der Waals surface area (Å²) in [5, 5.41) is 16.5. The van der Waals surface area contributed by atoms with E-state index in [1.165, 1.54) is 0 Å². The molecular formula is C11H18N4. The molecule has 1 N–H and O–H groups in total. The molecule has 4 nitrogen and oxygen atoms in total. The Morgan fingerprint density at radius 1 is 1.60 bits per heavy atom. The van der Waals surface area contributed by atoms with Crippen molar-refractivity contribution in [1.82, 2.24) is 15.1 Å². The first-order valence-electron chi connectivity index (χ1n) is 5.31. The van der Waals surface area contributed by atoms with E-state index < -0.39 is 0 Å². The zero-order chi connectivity index (χ0) is 11.3. The third kappa shape index (κ3) is 3.37. The van der Waals surface area contributed by atoms with Crippen LogP contribution in [0.2, 0.25) is 0 Å². The minimum atomic E-state index is -0.150. The number of hydrogen-bond acceptors (Lipinski definition) is 3. The van der Waals surface area contributed by atoms with Gasteiger partial charge in [-0.05, 0) is 32.9 Å². The Labute approximate surface area is 90.9 Å². The molecule has 0 amide bonds. The molecule has 0 aliphatic rings. The molecule has 1 aromatic rings. The van der Waals surface area contributed by atoms with Gasteiger partial charge in [0.1, 0.15) is 6.04 Å². The van der Waals surface area contributed by atoms with Gasteiger partial charge >= 0.3 is 0 Å². The fraction of sp³-hybridized carbons (Fsp3) is 0.636. The molecule has 0 saturated heterocycles. The van der Waals surface area contributed by atoms with Crippen molar-refractivity contribution in [2.75, 3.05) is 6.54 Å². The molecule has 0 bridgehead atoms. The summed E-state index contributed by atoms with van der Waals surface area (Å²) in [6.45, 7) is 7.55. The Bertz CT molecular complexity index is 348. The molecule has 1 unspecified atom stereocenters. The number of aryl methyl sites for hydroxylation is 2. The lowest BCUT2D eigenvalue weighted by molar-refractivity contribution is 0.482. The maximum atomic E-state index is 8.96. The highest BCUT2D eigenvalue weighted by Crippen LogP contribution is 2.02. The molecule has 1 heterocycles. The second kappa shape index (κ2) is 5.52. The van der Waals surface area contributed by atoms with Crippen molar-refractivity contribution in [1.29, 1.82) is 5.26 Å². The Morgan fingerprint density at radius 3 is 2.80 bits per heavy atom. The zero-order valence-corrected chi connectivity index (χ0v) is 9.62. The van der Waals surface area contributed by atoms with Crippen LogP contribution < -0.4 is 5.32 Å². The van der Waals surface area contributed by atoms with Crippen molar-refractivity contribution in [3.05, 3.63) is 17.5 Å². The van der Waals surface area contributed by atoms with Gasteiger partial charge in [0.15, 0.2) is 0 Å². The van der Waals surface area contributed by atoms with Crippen LogP contribution in [0.25, 0.3) is 0 Å². The van der Waals surface area contributed by atoms with E-state index >= 15 is 0 Å². The average Bonchev–Trinajstić information content (AvgIpc) is 2.52. The summed E-state index contributed by atoms with van der Waals surface area (Å²) in [6, 6.07) is 4.12. The third-order valence-corrected chi connectivity index (χ3v) is 2.26. The van der Waals surface area contributed by atoms with Crippen LogP contribution in [0.15, 0.2) is 6.07 Å². The normalized spacial score (nSPS) is 12.4. The summed E-state index contributed by atoms with van der Waals surface area (Å²) in [4.78, 5) is 0. The van der Waals surface area contributed by atoms with Gasteiger partial charge in [-0.1, -0.05) is 6.92 Å². The van der Waals surface area contributed by atoms with Gasteiger partial charge in [0.2, 0.25) is 0 Å². The van der Waals surface area contributed by atoms with Gasteiger partial charge in [-0.2, -0.15) is 10.4 Å². The number of aromatic nitrogens is 2. The van der Waals surface area contributed by atoms with Crippen LogP contribution in [0.5, 0.6) is 0 Å². The van der Waals surface area contributed by atoms with E-state index in [-0.39, 0.29) is 6.04 Å². The van der Waals surface area contributed by atoms with E-state index in [9.17, 15) is 0 Å². The van der Waals surface area contributed by atoms with Gasteiger partial charge in [-0.15, -0.1) is 0 Å². The van der Waals surface area contributed by atoms with E-state index in [1.807, 2.05) is 24.6 Å². The van der Waals surface area contributed by atoms with Crippen LogP contribution in [-0.4, -0.2) is 22.4 Å². The van der Waals surface area contributed by atoms with Gasteiger partial charge < -0.3 is 5.32 Å². The standard InChI is InChI=1S/C11H18N4/c1-4-5-13-11(7-12)8-15-10(3)6-9(2)14-15/h6,11,13H,4-5,8H2,1-3H3. The van der Waals surface area contributed by atoms with Gasteiger partial charge in [-0.3, -0.25) is 4.68 Å². The Hall–Kier alpha value is -1.34. The first-order chi connectivity index (χ1) is 7.17. The largest absolute Gasteiger partial charge is 0.300 e. The third-order valence-electron chi connectivity index (χ3n) is 2.26. The quantitative estimate of drug-likeness (QED) is 0.792. The van der Waals surface area contributed by atoms with Crippen LogP contribution >= 0.6 is 0 Å². The summed E-state index contributed by atoms with van der Waals surface area (Å²) in [6.07, 6.45) is 1.04. The maximum absolute atomic E-state index is 8.96. The van der Waals surface area contributed by atoms with E-state index in [0.29, 0.717) is 6.54 Å². The Morgan fingerprint density at radius 2 is 2.33 bits per heavy atom. The van der Waals surface area contributed by atoms with Crippen LogP contribution in [0.3, 0.4) is 0 Å². The number of rotatable bonds is 5. The van der Waals surface area contributed by atoms with Crippen LogP contribution in [0, 0.1) is 25.2 Å². The minimum Gasteiger partial charge on any atom is -0.300 e. The van der Waals surface area contributed by atoms with Gasteiger partial charge in [-0.25, -0.2) is 0 Å². The van der Waals surface area contributed by atoms with Crippen molar-refractivity contribution < 1.29 is 0 Å². The van der Waals surface area contributed by atoms with Crippen molar-refractivity contribution in [2.24, 2.45) is 0 Å². The highest BCUT2D eigenvalue weighted by Gasteiger charge is 2.09. The first kappa shape index (κ1) is 11.7. The molecule has 15 heavy (non-hydrogen) atoms. The molecule has 0 saturated carbocycles. The van der Waals surface area contributed by atoms with Crippen molar-refractivity contribution >= 4 is 0 Å². The molecule has 1 rings (SSSR count). The number of nitriles is 1. The molecular weight excluding hydrogens is 188 g/mol. The number of nitrogens with zero attached hydrogens (tertiary/aromatic N) is 3. The van der Waals surface area contributed by atoms with Crippen LogP contribution in [0.1, 0.15) is 24.7 Å². The fourth-order valence-corrected chi connectivity index (χ4v) is 1.50. The van der Waals surface area contributed by atoms with E-state index in [2.05, 4.69) is 23.4 Å². The van der Waals surface area contributed by atoms with Gasteiger partial charge in [0.25, 0.3) is 0 Å². The molecule has 0 aliphatic carbocycles. The van der Waals surface area contributed by atoms with E-state index in [4.69, 9.17) is 5.26 Å². The fourth-order valence-electron chi connectivity index (χ4n) is 1.50. The molecule has 1 aromatic heterocycles. The highest BCUT2D eigenvalue weighted by atomic mass is 15.3. The predicted molar refractivity (Wildman–Crippen MR) is 59.4 cm³/mol. The van der Waals surface area contributed by atoms with E-state index in [0.717, 1.165) is 24.4 Å².